The summed E-state index contributed by atoms with van der Waals surface area (Å²) >= 11 is 0. The molecule has 0 aliphatic carbocycles. The summed E-state index contributed by atoms with van der Waals surface area (Å²) in [5.41, 5.74) is 11.5. The average molecular weight is 181 g/mol. The van der Waals surface area contributed by atoms with E-state index < -0.39 is 5.82 Å². The van der Waals surface area contributed by atoms with Crippen molar-refractivity contribution in [2.75, 3.05) is 0 Å². The Kier molecular flexibility index (Phi) is 2.84. The molecule has 0 radical (unpaired) electrons. The van der Waals surface area contributed by atoms with E-state index >= 15 is 0 Å². The summed E-state index contributed by atoms with van der Waals surface area (Å²) < 4.78 is 13.0. The number of hydrogen-bond acceptors (Lipinski definition) is 1. The van der Waals surface area contributed by atoms with Gasteiger partial charge in [0.25, 0.3) is 0 Å². The van der Waals surface area contributed by atoms with E-state index in [1.807, 2.05) is 6.92 Å². The first-order chi connectivity index (χ1) is 6.13. The predicted octanol–water partition coefficient (Wildman–Crippen LogP) is 1.29. The lowest BCUT2D eigenvalue weighted by molar-refractivity contribution is 0.629. The molecule has 0 bridgehead atoms. The lowest BCUT2D eigenvalue weighted by Gasteiger charge is -2.00. The zero-order valence-corrected chi connectivity index (χ0v) is 7.42. The number of aryl methyl sites for hydroxylation is 1. The molecule has 0 atom stereocenters. The average Bonchev–Trinajstić information content (AvgIpc) is 2.08. The molecule has 0 saturated carbocycles. The molecule has 0 aliphatic heterocycles. The second-order valence-electron chi connectivity index (χ2n) is 2.68. The zero-order chi connectivity index (χ0) is 9.84. The van der Waals surface area contributed by atoms with E-state index in [9.17, 15) is 4.39 Å². The summed E-state index contributed by atoms with van der Waals surface area (Å²) in [4.78, 5) is 3.66. The van der Waals surface area contributed by atoms with Gasteiger partial charge in [-0.25, -0.2) is 9.38 Å². The Hall–Kier alpha value is -1.58. The third-order valence-electron chi connectivity index (χ3n) is 1.67. The minimum atomic E-state index is -0.411. The summed E-state index contributed by atoms with van der Waals surface area (Å²) in [5, 5.41) is 0. The first-order valence-corrected chi connectivity index (χ1v) is 4.01. The Labute approximate surface area is 76.3 Å². The van der Waals surface area contributed by atoms with E-state index in [1.165, 1.54) is 6.07 Å². The molecule has 0 heterocycles. The predicted molar refractivity (Wildman–Crippen MR) is 51.2 cm³/mol. The largest absolute Gasteiger partial charge is 0.370 e. The minimum Gasteiger partial charge on any atom is -0.370 e. The highest BCUT2D eigenvalue weighted by Crippen LogP contribution is 2.19. The summed E-state index contributed by atoms with van der Waals surface area (Å²) in [6.07, 6.45) is 0.827. The molecule has 4 N–H and O–H groups in total. The summed E-state index contributed by atoms with van der Waals surface area (Å²) in [7, 11) is 0. The van der Waals surface area contributed by atoms with Crippen LogP contribution in [0.15, 0.2) is 23.2 Å². The second-order valence-corrected chi connectivity index (χ2v) is 2.68. The van der Waals surface area contributed by atoms with Gasteiger partial charge >= 0.3 is 0 Å². The Morgan fingerprint density at radius 2 is 2.15 bits per heavy atom. The van der Waals surface area contributed by atoms with Gasteiger partial charge in [0.1, 0.15) is 11.5 Å². The number of rotatable bonds is 2. The van der Waals surface area contributed by atoms with Crippen molar-refractivity contribution in [1.82, 2.24) is 0 Å². The normalized spacial score (nSPS) is 9.69. The molecule has 0 unspecified atom stereocenters. The molecule has 0 aromatic heterocycles. The number of halogens is 1. The quantitative estimate of drug-likeness (QED) is 0.533. The maximum atomic E-state index is 13.0. The summed E-state index contributed by atoms with van der Waals surface area (Å²) in [6.45, 7) is 1.98. The molecule has 13 heavy (non-hydrogen) atoms. The van der Waals surface area contributed by atoms with Gasteiger partial charge in [-0.1, -0.05) is 13.0 Å². The first-order valence-electron chi connectivity index (χ1n) is 4.01. The van der Waals surface area contributed by atoms with Crippen LogP contribution in [0.25, 0.3) is 0 Å². The monoisotopic (exact) mass is 181 g/mol. The molecule has 0 amide bonds. The van der Waals surface area contributed by atoms with Gasteiger partial charge in [-0.15, -0.1) is 0 Å². The van der Waals surface area contributed by atoms with Crippen molar-refractivity contribution < 1.29 is 4.39 Å². The Bertz CT molecular complexity index is 330. The van der Waals surface area contributed by atoms with E-state index in [1.54, 1.807) is 12.1 Å². The van der Waals surface area contributed by atoms with Gasteiger partial charge in [0.2, 0.25) is 0 Å². The number of guanidine groups is 1. The van der Waals surface area contributed by atoms with E-state index in [2.05, 4.69) is 4.99 Å². The van der Waals surface area contributed by atoms with Crippen molar-refractivity contribution in [2.24, 2.45) is 16.5 Å². The Balaban J connectivity index is 3.11. The van der Waals surface area contributed by atoms with E-state index in [-0.39, 0.29) is 11.6 Å². The molecular formula is C9H12FN3. The maximum Gasteiger partial charge on any atom is 0.191 e. The first kappa shape index (κ1) is 9.51. The van der Waals surface area contributed by atoms with Gasteiger partial charge in [-0.05, 0) is 24.1 Å². The van der Waals surface area contributed by atoms with Gasteiger partial charge in [-0.2, -0.15) is 0 Å². The number of nitrogens with zero attached hydrogens (tertiary/aromatic N) is 1. The van der Waals surface area contributed by atoms with Crippen LogP contribution in [0, 0.1) is 5.82 Å². The number of nitrogens with two attached hydrogens (primary N) is 2. The summed E-state index contributed by atoms with van der Waals surface area (Å²) in [6, 6.07) is 4.71. The molecule has 4 heteroatoms. The molecule has 0 spiro atoms. The Morgan fingerprint density at radius 3 is 2.69 bits per heavy atom. The fourth-order valence-electron chi connectivity index (χ4n) is 1.00. The van der Waals surface area contributed by atoms with Crippen LogP contribution in [-0.2, 0) is 6.42 Å². The molecule has 3 nitrogen and oxygen atoms in total. The van der Waals surface area contributed by atoms with Crippen LogP contribution in [-0.4, -0.2) is 5.96 Å². The molecule has 0 saturated heterocycles. The standard InChI is InChI=1S/C9H12FN3/c1-2-6-3-4-7(10)8(5-6)13-9(11)12/h3-5H,2H2,1H3,(H4,11,12,13). The van der Waals surface area contributed by atoms with Crippen molar-refractivity contribution in [2.45, 2.75) is 13.3 Å². The van der Waals surface area contributed by atoms with Crippen LogP contribution in [0.2, 0.25) is 0 Å². The van der Waals surface area contributed by atoms with Crippen LogP contribution in [0.5, 0.6) is 0 Å². The Morgan fingerprint density at radius 1 is 1.46 bits per heavy atom. The highest BCUT2D eigenvalue weighted by atomic mass is 19.1. The zero-order valence-electron chi connectivity index (χ0n) is 7.42. The van der Waals surface area contributed by atoms with Crippen LogP contribution >= 0.6 is 0 Å². The van der Waals surface area contributed by atoms with Crippen LogP contribution < -0.4 is 11.5 Å². The fraction of sp³-hybridized carbons (Fsp3) is 0.222. The van der Waals surface area contributed by atoms with Crippen LogP contribution in [0.3, 0.4) is 0 Å². The van der Waals surface area contributed by atoms with Crippen molar-refractivity contribution in [1.29, 1.82) is 0 Å². The lowest BCUT2D eigenvalue weighted by atomic mass is 10.1. The molecule has 0 aliphatic rings. The van der Waals surface area contributed by atoms with Crippen molar-refractivity contribution in [3.05, 3.63) is 29.6 Å². The number of aliphatic imine (C=N–C) groups is 1. The van der Waals surface area contributed by atoms with E-state index in [4.69, 9.17) is 11.5 Å². The van der Waals surface area contributed by atoms with Crippen molar-refractivity contribution in [3.8, 4) is 0 Å². The summed E-state index contributed by atoms with van der Waals surface area (Å²) in [5.74, 6) is -0.544. The van der Waals surface area contributed by atoms with Gasteiger partial charge in [0.15, 0.2) is 5.96 Å². The van der Waals surface area contributed by atoms with E-state index in [0.717, 1.165) is 12.0 Å². The van der Waals surface area contributed by atoms with Crippen molar-refractivity contribution in [3.63, 3.8) is 0 Å². The van der Waals surface area contributed by atoms with Gasteiger partial charge in [-0.3, -0.25) is 0 Å². The van der Waals surface area contributed by atoms with Gasteiger partial charge in [0.05, 0.1) is 0 Å². The third kappa shape index (κ3) is 2.43. The molecule has 1 rings (SSSR count). The molecular weight excluding hydrogens is 169 g/mol. The second kappa shape index (κ2) is 3.89. The highest BCUT2D eigenvalue weighted by Gasteiger charge is 2.01. The number of benzene rings is 1. The fourth-order valence-corrected chi connectivity index (χ4v) is 1.00. The minimum absolute atomic E-state index is 0.132. The molecule has 1 aromatic rings. The highest BCUT2D eigenvalue weighted by molar-refractivity contribution is 5.79. The van der Waals surface area contributed by atoms with Crippen LogP contribution in [0.4, 0.5) is 10.1 Å². The van der Waals surface area contributed by atoms with E-state index in [0.29, 0.717) is 0 Å². The third-order valence-corrected chi connectivity index (χ3v) is 1.67. The smallest absolute Gasteiger partial charge is 0.191 e. The SMILES string of the molecule is CCc1ccc(F)c(N=C(N)N)c1. The van der Waals surface area contributed by atoms with Gasteiger partial charge < -0.3 is 11.5 Å². The van der Waals surface area contributed by atoms with Crippen LogP contribution in [0.1, 0.15) is 12.5 Å². The van der Waals surface area contributed by atoms with Crippen molar-refractivity contribution >= 4 is 11.6 Å². The molecule has 0 fully saturated rings. The maximum absolute atomic E-state index is 13.0. The topological polar surface area (TPSA) is 64.4 Å². The molecule has 1 aromatic carbocycles. The number of hydrogen-bond donors (Lipinski definition) is 2. The lowest BCUT2D eigenvalue weighted by Crippen LogP contribution is -2.22. The molecule has 70 valence electrons. The van der Waals surface area contributed by atoms with Gasteiger partial charge in [0, 0.05) is 0 Å².